The maximum Gasteiger partial charge on any atom is 0.509 e. The Morgan fingerprint density at radius 2 is 1.77 bits per heavy atom. The van der Waals surface area contributed by atoms with Crippen molar-refractivity contribution in [2.24, 2.45) is 28.6 Å². The first-order valence-corrected chi connectivity index (χ1v) is 13.9. The number of allylic oxidation sites excluding steroid dienone is 4. The van der Waals surface area contributed by atoms with Crippen molar-refractivity contribution in [3.63, 3.8) is 0 Å². The molecular formula is C29H38F2O8. The van der Waals surface area contributed by atoms with Crippen LogP contribution in [-0.4, -0.2) is 71.0 Å². The molecule has 216 valence electrons. The molecule has 0 spiro atoms. The lowest BCUT2D eigenvalue weighted by atomic mass is 9.44. The van der Waals surface area contributed by atoms with E-state index >= 15 is 8.78 Å². The van der Waals surface area contributed by atoms with E-state index in [2.05, 4.69) is 0 Å². The second-order valence-electron chi connectivity index (χ2n) is 12.6. The third kappa shape index (κ3) is 3.69. The average Bonchev–Trinajstić information content (AvgIpc) is 3.09. The van der Waals surface area contributed by atoms with Crippen molar-refractivity contribution in [2.75, 3.05) is 7.11 Å². The molecule has 5 aliphatic carbocycles. The third-order valence-electron chi connectivity index (χ3n) is 10.9. The van der Waals surface area contributed by atoms with Crippen LogP contribution in [0.5, 0.6) is 0 Å². The van der Waals surface area contributed by atoms with E-state index in [1.54, 1.807) is 13.8 Å². The molecule has 0 aromatic carbocycles. The molecule has 2 N–H and O–H groups in total. The van der Waals surface area contributed by atoms with E-state index in [0.717, 1.165) is 18.9 Å². The van der Waals surface area contributed by atoms with Gasteiger partial charge in [-0.15, -0.1) is 0 Å². The van der Waals surface area contributed by atoms with Gasteiger partial charge in [-0.25, -0.2) is 18.4 Å². The fourth-order valence-corrected chi connectivity index (χ4v) is 8.99. The Labute approximate surface area is 226 Å². The van der Waals surface area contributed by atoms with Crippen molar-refractivity contribution >= 4 is 17.9 Å². The number of fused-ring (bicyclic) bond motifs is 5. The van der Waals surface area contributed by atoms with Gasteiger partial charge in [0.05, 0.1) is 12.2 Å². The van der Waals surface area contributed by atoms with E-state index in [4.69, 9.17) is 14.2 Å². The summed E-state index contributed by atoms with van der Waals surface area (Å²) in [7, 11) is 1.52. The van der Waals surface area contributed by atoms with Gasteiger partial charge in [0.15, 0.2) is 11.5 Å². The highest BCUT2D eigenvalue weighted by Gasteiger charge is 2.78. The minimum absolute atomic E-state index is 0.00745. The van der Waals surface area contributed by atoms with Crippen LogP contribution in [0.1, 0.15) is 65.7 Å². The number of carboxylic acids is 1. The SMILES string of the molecule is COC1CCCCC1OC(=O)O[C@@]1(C(=O)O)[C@H](C)C[C@H]2[C@@H]3C[C@H](F)C4=CC(=O)C=C[C@]4(C)C3(F)[C@@H](O)C[C@@]21C. The predicted octanol–water partition coefficient (Wildman–Crippen LogP) is 4.49. The van der Waals surface area contributed by atoms with E-state index in [-0.39, 0.29) is 30.9 Å². The fourth-order valence-electron chi connectivity index (χ4n) is 8.99. The molecule has 0 heterocycles. The molecule has 39 heavy (non-hydrogen) atoms. The summed E-state index contributed by atoms with van der Waals surface area (Å²) in [6, 6.07) is 0. The summed E-state index contributed by atoms with van der Waals surface area (Å²) in [6.07, 6.45) is 0.700. The number of hydrogen-bond donors (Lipinski definition) is 2. The lowest BCUT2D eigenvalue weighted by Gasteiger charge is -2.62. The van der Waals surface area contributed by atoms with Gasteiger partial charge < -0.3 is 24.4 Å². The number of hydrogen-bond acceptors (Lipinski definition) is 7. The number of methoxy groups -OCH3 is 1. The molecule has 5 aliphatic rings. The average molecular weight is 553 g/mol. The Morgan fingerprint density at radius 1 is 1.10 bits per heavy atom. The van der Waals surface area contributed by atoms with Gasteiger partial charge in [-0.2, -0.15) is 0 Å². The lowest BCUT2D eigenvalue weighted by molar-refractivity contribution is -0.233. The van der Waals surface area contributed by atoms with Crippen LogP contribution < -0.4 is 0 Å². The number of carbonyl (C=O) groups is 3. The predicted molar refractivity (Wildman–Crippen MR) is 134 cm³/mol. The van der Waals surface area contributed by atoms with Crippen LogP contribution in [0, 0.1) is 28.6 Å². The van der Waals surface area contributed by atoms with E-state index in [9.17, 15) is 24.6 Å². The molecule has 0 aliphatic heterocycles. The number of carbonyl (C=O) groups excluding carboxylic acids is 2. The van der Waals surface area contributed by atoms with Gasteiger partial charge in [-0.3, -0.25) is 4.79 Å². The van der Waals surface area contributed by atoms with Crippen LogP contribution in [0.25, 0.3) is 0 Å². The first-order valence-electron chi connectivity index (χ1n) is 13.9. The molecule has 4 saturated carbocycles. The smallest absolute Gasteiger partial charge is 0.478 e. The number of carboxylic acid groups (broad SMARTS) is 1. The van der Waals surface area contributed by atoms with Gasteiger partial charge in [-0.1, -0.05) is 26.3 Å². The van der Waals surface area contributed by atoms with E-state index in [1.807, 2.05) is 0 Å². The van der Waals surface area contributed by atoms with Crippen molar-refractivity contribution in [1.82, 2.24) is 0 Å². The summed E-state index contributed by atoms with van der Waals surface area (Å²) in [6.45, 7) is 4.70. The summed E-state index contributed by atoms with van der Waals surface area (Å²) in [5.74, 6) is -4.44. The highest BCUT2D eigenvalue weighted by Crippen LogP contribution is 2.71. The Morgan fingerprint density at radius 3 is 2.41 bits per heavy atom. The molecular weight excluding hydrogens is 514 g/mol. The molecule has 11 atom stereocenters. The normalized spacial score (nSPS) is 48.8. The number of ether oxygens (including phenoxy) is 3. The minimum atomic E-state index is -2.36. The highest BCUT2D eigenvalue weighted by atomic mass is 19.1. The number of aliphatic carboxylic acids is 1. The second-order valence-corrected chi connectivity index (χ2v) is 12.6. The molecule has 5 rings (SSSR count). The van der Waals surface area contributed by atoms with Gasteiger partial charge in [0.1, 0.15) is 12.3 Å². The molecule has 3 unspecified atom stereocenters. The van der Waals surface area contributed by atoms with Crippen LogP contribution >= 0.6 is 0 Å². The molecule has 8 nitrogen and oxygen atoms in total. The number of rotatable bonds is 4. The zero-order valence-corrected chi connectivity index (χ0v) is 22.8. The van der Waals surface area contributed by atoms with Crippen molar-refractivity contribution in [1.29, 1.82) is 0 Å². The molecule has 4 fully saturated rings. The van der Waals surface area contributed by atoms with Gasteiger partial charge in [0.25, 0.3) is 0 Å². The van der Waals surface area contributed by atoms with Gasteiger partial charge in [-0.05, 0) is 69.1 Å². The standard InChI is InChI=1S/C29H38F2O8/c1-15-11-17-18-13-20(30)19-12-16(32)9-10-26(19,2)28(18,31)23(33)14-27(17,3)29(15,24(34)35)39-25(36)38-22-8-6-5-7-21(22)37-4/h9-10,12,15,17-18,20-23,33H,5-8,11,13-14H2,1-4H3,(H,34,35)/t15-,17+,18+,20+,21?,22?,23+,26+,27+,28?,29-/m1/s1. The first kappa shape index (κ1) is 28.2. The van der Waals surface area contributed by atoms with Crippen LogP contribution in [0.15, 0.2) is 23.8 Å². The van der Waals surface area contributed by atoms with Gasteiger partial charge in [0.2, 0.25) is 5.60 Å². The van der Waals surface area contributed by atoms with Gasteiger partial charge >= 0.3 is 12.1 Å². The van der Waals surface area contributed by atoms with Crippen LogP contribution in [0.3, 0.4) is 0 Å². The summed E-state index contributed by atoms with van der Waals surface area (Å²) < 4.78 is 49.8. The van der Waals surface area contributed by atoms with Crippen molar-refractivity contribution in [3.8, 4) is 0 Å². The third-order valence-corrected chi connectivity index (χ3v) is 10.9. The largest absolute Gasteiger partial charge is 0.509 e. The lowest BCUT2D eigenvalue weighted by Crippen LogP contribution is -2.71. The number of alkyl halides is 2. The molecule has 0 aromatic heterocycles. The Bertz CT molecular complexity index is 1120. The van der Waals surface area contributed by atoms with E-state index in [0.29, 0.717) is 12.8 Å². The van der Waals surface area contributed by atoms with Crippen LogP contribution in [0.2, 0.25) is 0 Å². The molecule has 0 radical (unpaired) electrons. The summed E-state index contributed by atoms with van der Waals surface area (Å²) in [5, 5.41) is 22.1. The maximum absolute atomic E-state index is 17.4. The maximum atomic E-state index is 17.4. The van der Waals surface area contributed by atoms with Gasteiger partial charge in [0, 0.05) is 29.8 Å². The molecule has 0 amide bonds. The highest BCUT2D eigenvalue weighted by molar-refractivity contribution is 6.01. The molecule has 0 bridgehead atoms. The van der Waals surface area contributed by atoms with E-state index in [1.165, 1.54) is 26.2 Å². The second kappa shape index (κ2) is 9.36. The zero-order chi connectivity index (χ0) is 28.5. The first-order chi connectivity index (χ1) is 18.3. The minimum Gasteiger partial charge on any atom is -0.478 e. The van der Waals surface area contributed by atoms with Crippen molar-refractivity contribution in [2.45, 2.75) is 101 Å². The topological polar surface area (TPSA) is 119 Å². The number of aliphatic hydroxyl groups excluding tert-OH is 1. The van der Waals surface area contributed by atoms with Crippen LogP contribution in [-0.2, 0) is 23.8 Å². The fraction of sp³-hybridized carbons (Fsp3) is 0.759. The number of aliphatic hydroxyl groups is 1. The monoisotopic (exact) mass is 552 g/mol. The Balaban J connectivity index is 1.51. The zero-order valence-electron chi connectivity index (χ0n) is 22.8. The Kier molecular flexibility index (Phi) is 6.77. The molecule has 0 aromatic rings. The Hall–Kier alpha value is -2.33. The van der Waals surface area contributed by atoms with Crippen molar-refractivity contribution < 1.29 is 47.6 Å². The number of halogens is 2. The van der Waals surface area contributed by atoms with Crippen molar-refractivity contribution in [3.05, 3.63) is 23.8 Å². The van der Waals surface area contributed by atoms with Crippen LogP contribution in [0.4, 0.5) is 13.6 Å². The summed E-state index contributed by atoms with van der Waals surface area (Å²) in [4.78, 5) is 38.2. The number of ketones is 1. The summed E-state index contributed by atoms with van der Waals surface area (Å²) in [5.41, 5.74) is -7.50. The molecule has 0 saturated heterocycles. The summed E-state index contributed by atoms with van der Waals surface area (Å²) >= 11 is 0. The quantitative estimate of drug-likeness (QED) is 0.490. The molecule has 10 heteroatoms. The van der Waals surface area contributed by atoms with E-state index < -0.39 is 76.1 Å².